The van der Waals surface area contributed by atoms with E-state index in [4.69, 9.17) is 4.74 Å². The topological polar surface area (TPSA) is 91.0 Å². The van der Waals surface area contributed by atoms with Crippen molar-refractivity contribution in [2.45, 2.75) is 65.1 Å². The van der Waals surface area contributed by atoms with E-state index in [1.54, 1.807) is 28.0 Å². The fourth-order valence-corrected chi connectivity index (χ4v) is 5.85. The van der Waals surface area contributed by atoms with Crippen LogP contribution in [0.1, 0.15) is 70.5 Å². The highest BCUT2D eigenvalue weighted by molar-refractivity contribution is 6.00. The smallest absolute Gasteiger partial charge is 0.410 e. The Bertz CT molecular complexity index is 1460. The number of amides is 3. The molecule has 0 spiro atoms. The first-order valence-electron chi connectivity index (χ1n) is 16.0. The number of halogens is 2. The Morgan fingerprint density at radius 2 is 1.63 bits per heavy atom. The van der Waals surface area contributed by atoms with Crippen molar-refractivity contribution in [3.63, 3.8) is 0 Å². The quantitative estimate of drug-likeness (QED) is 0.245. The van der Waals surface area contributed by atoms with Crippen molar-refractivity contribution >= 4 is 17.9 Å². The summed E-state index contributed by atoms with van der Waals surface area (Å²) in [6, 6.07) is 17.1. The maximum atomic E-state index is 14.1. The summed E-state index contributed by atoms with van der Waals surface area (Å²) in [4.78, 5) is 43.3. The largest absolute Gasteiger partial charge is 0.445 e. The van der Waals surface area contributed by atoms with Gasteiger partial charge in [0.15, 0.2) is 0 Å². The van der Waals surface area contributed by atoms with Gasteiger partial charge >= 0.3 is 6.09 Å². The molecule has 8 nitrogen and oxygen atoms in total. The lowest BCUT2D eigenvalue weighted by atomic mass is 9.97. The zero-order valence-corrected chi connectivity index (χ0v) is 26.9. The van der Waals surface area contributed by atoms with Crippen molar-refractivity contribution in [2.75, 3.05) is 32.7 Å². The van der Waals surface area contributed by atoms with Crippen LogP contribution in [-0.4, -0.2) is 72.5 Å². The summed E-state index contributed by atoms with van der Waals surface area (Å²) in [5.41, 5.74) is 2.82. The molecule has 3 aromatic carbocycles. The number of carbonyl (C=O) groups excluding carboxylic acids is 3. The van der Waals surface area contributed by atoms with Crippen molar-refractivity contribution in [2.24, 2.45) is 0 Å². The minimum Gasteiger partial charge on any atom is -0.445 e. The molecule has 1 aliphatic heterocycles. The lowest BCUT2D eigenvalue weighted by molar-refractivity contribution is 0.0755. The van der Waals surface area contributed by atoms with Gasteiger partial charge < -0.3 is 25.2 Å². The normalized spacial score (nSPS) is 15.2. The van der Waals surface area contributed by atoms with Crippen LogP contribution in [0, 0.1) is 18.6 Å². The lowest BCUT2D eigenvalue weighted by Crippen LogP contribution is -2.55. The van der Waals surface area contributed by atoms with Gasteiger partial charge in [0.1, 0.15) is 18.2 Å². The predicted octanol–water partition coefficient (Wildman–Crippen LogP) is 5.88. The Kier molecular flexibility index (Phi) is 12.7. The van der Waals surface area contributed by atoms with Gasteiger partial charge in [0.05, 0.1) is 0 Å². The highest BCUT2D eigenvalue weighted by atomic mass is 19.1. The first-order chi connectivity index (χ1) is 22.1. The van der Waals surface area contributed by atoms with E-state index in [1.165, 1.54) is 12.1 Å². The fraction of sp³-hybridized carbons (Fsp3) is 0.417. The molecule has 0 radical (unpaired) electrons. The predicted molar refractivity (Wildman–Crippen MR) is 174 cm³/mol. The second-order valence-corrected chi connectivity index (χ2v) is 11.9. The molecule has 1 aliphatic rings. The van der Waals surface area contributed by atoms with Crippen molar-refractivity contribution in [1.82, 2.24) is 20.4 Å². The molecular weight excluding hydrogens is 590 g/mol. The summed E-state index contributed by atoms with van der Waals surface area (Å²) < 4.78 is 33.7. The van der Waals surface area contributed by atoms with E-state index in [-0.39, 0.29) is 25.0 Å². The highest BCUT2D eigenvalue weighted by Crippen LogP contribution is 2.18. The number of nitrogens with zero attached hydrogens (tertiary/aromatic N) is 2. The molecule has 0 aromatic heterocycles. The molecule has 4 rings (SSSR count). The van der Waals surface area contributed by atoms with Crippen LogP contribution < -0.4 is 10.6 Å². The van der Waals surface area contributed by atoms with Crippen LogP contribution in [0.15, 0.2) is 66.7 Å². The van der Waals surface area contributed by atoms with Crippen LogP contribution in [0.25, 0.3) is 0 Å². The second kappa shape index (κ2) is 16.8. The fourth-order valence-electron chi connectivity index (χ4n) is 5.85. The van der Waals surface area contributed by atoms with E-state index < -0.39 is 29.7 Å². The number of ether oxygens (including phenoxy) is 1. The van der Waals surface area contributed by atoms with Crippen molar-refractivity contribution < 1.29 is 27.9 Å². The van der Waals surface area contributed by atoms with Crippen LogP contribution in [0.2, 0.25) is 0 Å². The van der Waals surface area contributed by atoms with Gasteiger partial charge in [0.25, 0.3) is 11.8 Å². The van der Waals surface area contributed by atoms with Crippen molar-refractivity contribution in [1.29, 1.82) is 0 Å². The number of carbonyl (C=O) groups is 3. The molecule has 10 heteroatoms. The molecule has 46 heavy (non-hydrogen) atoms. The van der Waals surface area contributed by atoms with Crippen LogP contribution in [0.5, 0.6) is 0 Å². The monoisotopic (exact) mass is 634 g/mol. The van der Waals surface area contributed by atoms with E-state index in [1.807, 2.05) is 51.1 Å². The molecule has 2 N–H and O–H groups in total. The first-order valence-corrected chi connectivity index (χ1v) is 16.0. The number of rotatable bonds is 13. The molecule has 1 heterocycles. The average molecular weight is 635 g/mol. The van der Waals surface area contributed by atoms with E-state index in [9.17, 15) is 23.2 Å². The Hall–Kier alpha value is -4.31. The molecule has 0 aliphatic carbocycles. The van der Waals surface area contributed by atoms with Gasteiger partial charge in [-0.2, -0.15) is 0 Å². The third-order valence-corrected chi connectivity index (χ3v) is 7.89. The van der Waals surface area contributed by atoms with Crippen LogP contribution >= 0.6 is 0 Å². The van der Waals surface area contributed by atoms with E-state index in [0.717, 1.165) is 30.0 Å². The molecule has 1 saturated heterocycles. The number of aryl methyl sites for hydroxylation is 1. The summed E-state index contributed by atoms with van der Waals surface area (Å²) in [6.45, 7) is 8.60. The van der Waals surface area contributed by atoms with Gasteiger partial charge in [0.2, 0.25) is 0 Å². The third kappa shape index (κ3) is 10.1. The van der Waals surface area contributed by atoms with Crippen molar-refractivity contribution in [3.05, 3.63) is 106 Å². The average Bonchev–Trinajstić information content (AvgIpc) is 3.03. The first kappa shape index (κ1) is 34.6. The number of benzene rings is 3. The molecule has 2 atom stereocenters. The van der Waals surface area contributed by atoms with E-state index >= 15 is 0 Å². The molecule has 3 aromatic rings. The maximum absolute atomic E-state index is 14.1. The Morgan fingerprint density at radius 3 is 2.30 bits per heavy atom. The van der Waals surface area contributed by atoms with E-state index in [2.05, 4.69) is 10.6 Å². The van der Waals surface area contributed by atoms with Crippen LogP contribution in [-0.2, 0) is 17.8 Å². The van der Waals surface area contributed by atoms with Gasteiger partial charge in [-0.05, 0) is 79.6 Å². The minimum atomic E-state index is -0.700. The highest BCUT2D eigenvalue weighted by Gasteiger charge is 2.28. The Morgan fingerprint density at radius 1 is 0.957 bits per heavy atom. The van der Waals surface area contributed by atoms with E-state index in [0.29, 0.717) is 55.8 Å². The molecule has 0 saturated carbocycles. The number of hydrogen-bond acceptors (Lipinski definition) is 5. The van der Waals surface area contributed by atoms with Gasteiger partial charge in [-0.25, -0.2) is 13.6 Å². The maximum Gasteiger partial charge on any atom is 0.410 e. The van der Waals surface area contributed by atoms with Gasteiger partial charge in [-0.3, -0.25) is 9.59 Å². The number of piperazine rings is 1. The standard InChI is InChI=1S/C36H44F2N4O4/c1-4-12-41(13-5-2)35(44)29-16-25(3)15-28(20-29)34(43)40-32(19-27-17-30(37)21-31(38)18-27)22-33-23-42(14-11-39-33)36(45)46-24-26-9-7-6-8-10-26/h6-10,15-18,20-21,32-33,39H,4-5,11-14,19,22-24H2,1-3H3,(H,40,43)/t32-,33-/m0/s1. The molecular formula is C36H44F2N4O4. The zero-order valence-electron chi connectivity index (χ0n) is 26.9. The molecule has 1 fully saturated rings. The Balaban J connectivity index is 1.49. The lowest BCUT2D eigenvalue weighted by Gasteiger charge is -2.35. The SMILES string of the molecule is CCCN(CCC)C(=O)c1cc(C)cc(C(=O)N[C@@H](Cc2cc(F)cc(F)c2)C[C@H]2CN(C(=O)OCc3ccccc3)CCN2)c1. The molecule has 0 unspecified atom stereocenters. The van der Waals surface area contributed by atoms with Gasteiger partial charge in [0, 0.05) is 62.0 Å². The summed E-state index contributed by atoms with van der Waals surface area (Å²) in [5, 5.41) is 6.45. The van der Waals surface area contributed by atoms with Crippen molar-refractivity contribution in [3.8, 4) is 0 Å². The van der Waals surface area contributed by atoms with Gasteiger partial charge in [-0.1, -0.05) is 44.2 Å². The Labute approximate surface area is 270 Å². The van der Waals surface area contributed by atoms with Gasteiger partial charge in [-0.15, -0.1) is 0 Å². The third-order valence-electron chi connectivity index (χ3n) is 7.89. The summed E-state index contributed by atoms with van der Waals surface area (Å²) in [7, 11) is 0. The zero-order chi connectivity index (χ0) is 33.1. The summed E-state index contributed by atoms with van der Waals surface area (Å²) >= 11 is 0. The summed E-state index contributed by atoms with van der Waals surface area (Å²) in [6.07, 6.45) is 1.76. The number of hydrogen-bond donors (Lipinski definition) is 2. The molecule has 246 valence electrons. The number of nitrogens with one attached hydrogen (secondary N) is 2. The minimum absolute atomic E-state index is 0.126. The molecule has 3 amide bonds. The second-order valence-electron chi connectivity index (χ2n) is 11.9. The van der Waals surface area contributed by atoms with Crippen LogP contribution in [0.4, 0.5) is 13.6 Å². The van der Waals surface area contributed by atoms with Crippen LogP contribution in [0.3, 0.4) is 0 Å². The summed E-state index contributed by atoms with van der Waals surface area (Å²) in [5.74, 6) is -1.92. The molecule has 0 bridgehead atoms.